The van der Waals surface area contributed by atoms with Gasteiger partial charge in [0.2, 0.25) is 0 Å². The molecule has 0 aliphatic heterocycles. The summed E-state index contributed by atoms with van der Waals surface area (Å²) in [6, 6.07) is 0. The van der Waals surface area contributed by atoms with E-state index in [-0.39, 0.29) is 29.4 Å². The standard InChI is InChI=1S/C18H34O4.C10H16O.C10H14O/c1-9-14(16(20)21-17(5,6)7)12-13(4)15(19)22-18(8,10-2)11-3;11-10-4-7-1-8(5-10)3-9(2-7)6-10;11-10-8-2-6-1-7(4-8)5-9(10)3-6/h13-14H,9-12H2,1-8H3;7-9,11H,1-6H2;6-9H,1-5H2. The summed E-state index contributed by atoms with van der Waals surface area (Å²) < 4.78 is 11.1. The van der Waals surface area contributed by atoms with Crippen LogP contribution in [-0.4, -0.2) is 39.6 Å². The smallest absolute Gasteiger partial charge is 0.309 e. The third-order valence-electron chi connectivity index (χ3n) is 12.1. The number of carbonyl (C=O) groups is 3. The topological polar surface area (TPSA) is 89.9 Å². The molecule has 8 fully saturated rings. The Bertz CT molecular complexity index is 938. The Morgan fingerprint density at radius 2 is 1.18 bits per heavy atom. The fourth-order valence-electron chi connectivity index (χ4n) is 9.79. The summed E-state index contributed by atoms with van der Waals surface area (Å²) >= 11 is 0. The second-order valence-corrected chi connectivity index (χ2v) is 17.2. The summed E-state index contributed by atoms with van der Waals surface area (Å²) in [6.45, 7) is 15.3. The van der Waals surface area contributed by atoms with Gasteiger partial charge >= 0.3 is 11.9 Å². The fraction of sp³-hybridized carbons (Fsp3) is 0.921. The Hall–Kier alpha value is -1.43. The molecule has 6 heteroatoms. The van der Waals surface area contributed by atoms with Gasteiger partial charge in [0.05, 0.1) is 17.4 Å². The van der Waals surface area contributed by atoms with E-state index in [0.29, 0.717) is 30.5 Å². The lowest BCUT2D eigenvalue weighted by molar-refractivity contribution is -0.166. The zero-order valence-corrected chi connectivity index (χ0v) is 29.3. The highest BCUT2D eigenvalue weighted by Crippen LogP contribution is 2.55. The Balaban J connectivity index is 0.000000164. The van der Waals surface area contributed by atoms with Gasteiger partial charge in [0.25, 0.3) is 0 Å². The van der Waals surface area contributed by atoms with Crippen LogP contribution in [-0.2, 0) is 23.9 Å². The first-order chi connectivity index (χ1) is 20.5. The van der Waals surface area contributed by atoms with Gasteiger partial charge in [0.15, 0.2) is 0 Å². The number of aliphatic hydroxyl groups is 1. The summed E-state index contributed by atoms with van der Waals surface area (Å²) in [5.41, 5.74) is -1.12. The van der Waals surface area contributed by atoms with Crippen LogP contribution in [0, 0.1) is 53.3 Å². The molecule has 0 amide bonds. The third-order valence-corrected chi connectivity index (χ3v) is 12.1. The quantitative estimate of drug-likeness (QED) is 0.275. The van der Waals surface area contributed by atoms with Crippen LogP contribution in [0.4, 0.5) is 0 Å². The Morgan fingerprint density at radius 3 is 1.55 bits per heavy atom. The summed E-state index contributed by atoms with van der Waals surface area (Å²) in [6.07, 6.45) is 16.8. The normalized spacial score (nSPS) is 36.0. The summed E-state index contributed by atoms with van der Waals surface area (Å²) in [5, 5.41) is 10.1. The molecule has 0 heterocycles. The van der Waals surface area contributed by atoms with E-state index in [4.69, 9.17) is 9.47 Å². The van der Waals surface area contributed by atoms with Crippen molar-refractivity contribution in [2.75, 3.05) is 0 Å². The minimum Gasteiger partial charge on any atom is -0.460 e. The van der Waals surface area contributed by atoms with E-state index in [1.165, 1.54) is 51.4 Å². The van der Waals surface area contributed by atoms with Crippen molar-refractivity contribution in [1.29, 1.82) is 0 Å². The minimum absolute atomic E-state index is 0.200. The zero-order chi connectivity index (χ0) is 32.4. The highest BCUT2D eigenvalue weighted by atomic mass is 16.6. The molecule has 8 saturated carbocycles. The van der Waals surface area contributed by atoms with E-state index >= 15 is 0 Å². The number of hydrogen-bond acceptors (Lipinski definition) is 6. The second-order valence-electron chi connectivity index (χ2n) is 17.2. The number of ether oxygens (including phenoxy) is 2. The summed E-state index contributed by atoms with van der Waals surface area (Å²) in [7, 11) is 0. The molecule has 2 unspecified atom stereocenters. The van der Waals surface area contributed by atoms with E-state index in [1.807, 2.05) is 55.4 Å². The molecule has 1 N–H and O–H groups in total. The first-order valence-corrected chi connectivity index (χ1v) is 18.3. The van der Waals surface area contributed by atoms with Crippen LogP contribution < -0.4 is 0 Å². The molecule has 8 bridgehead atoms. The van der Waals surface area contributed by atoms with Crippen molar-refractivity contribution in [3.63, 3.8) is 0 Å². The van der Waals surface area contributed by atoms with Gasteiger partial charge in [-0.15, -0.1) is 0 Å². The van der Waals surface area contributed by atoms with Gasteiger partial charge in [-0.1, -0.05) is 27.7 Å². The van der Waals surface area contributed by atoms with Gasteiger partial charge in [-0.3, -0.25) is 14.4 Å². The summed E-state index contributed by atoms with van der Waals surface area (Å²) in [5.74, 6) is 5.16. The molecule has 0 aromatic rings. The highest BCUT2D eigenvalue weighted by Gasteiger charge is 2.50. The second kappa shape index (κ2) is 14.1. The molecule has 44 heavy (non-hydrogen) atoms. The Kier molecular flexibility index (Phi) is 11.4. The molecule has 2 atom stereocenters. The van der Waals surface area contributed by atoms with Crippen molar-refractivity contribution in [3.8, 4) is 0 Å². The number of ketones is 1. The van der Waals surface area contributed by atoms with Crippen molar-refractivity contribution in [2.45, 2.75) is 169 Å². The van der Waals surface area contributed by atoms with Gasteiger partial charge in [-0.05, 0) is 154 Å². The van der Waals surface area contributed by atoms with Gasteiger partial charge in [-0.25, -0.2) is 0 Å². The van der Waals surface area contributed by atoms with E-state index in [9.17, 15) is 19.5 Å². The van der Waals surface area contributed by atoms with Crippen molar-refractivity contribution < 1.29 is 29.0 Å². The minimum atomic E-state index is -0.503. The van der Waals surface area contributed by atoms with Crippen molar-refractivity contribution >= 4 is 17.7 Å². The summed E-state index contributed by atoms with van der Waals surface area (Å²) in [4.78, 5) is 36.0. The van der Waals surface area contributed by atoms with Gasteiger partial charge in [0, 0.05) is 11.8 Å². The maximum absolute atomic E-state index is 12.3. The third kappa shape index (κ3) is 9.10. The van der Waals surface area contributed by atoms with Crippen LogP contribution in [0.2, 0.25) is 0 Å². The van der Waals surface area contributed by atoms with E-state index in [2.05, 4.69) is 0 Å². The van der Waals surface area contributed by atoms with Gasteiger partial charge in [0.1, 0.15) is 17.0 Å². The lowest BCUT2D eigenvalue weighted by atomic mass is 9.54. The molecule has 0 spiro atoms. The predicted octanol–water partition coefficient (Wildman–Crippen LogP) is 8.46. The number of rotatable bonds is 8. The first kappa shape index (κ1) is 35.4. The molecule has 8 rings (SSSR count). The van der Waals surface area contributed by atoms with E-state index in [0.717, 1.165) is 61.7 Å². The van der Waals surface area contributed by atoms with Crippen LogP contribution in [0.1, 0.15) is 152 Å². The van der Waals surface area contributed by atoms with Crippen molar-refractivity contribution in [1.82, 2.24) is 0 Å². The lowest BCUT2D eigenvalue weighted by Gasteiger charge is -2.54. The number of esters is 2. The molecule has 8 aliphatic rings. The van der Waals surface area contributed by atoms with Crippen LogP contribution >= 0.6 is 0 Å². The molecular weight excluding hydrogens is 552 g/mol. The molecule has 6 nitrogen and oxygen atoms in total. The fourth-order valence-corrected chi connectivity index (χ4v) is 9.79. The van der Waals surface area contributed by atoms with Crippen LogP contribution in [0.5, 0.6) is 0 Å². The Morgan fingerprint density at radius 1 is 0.750 bits per heavy atom. The molecule has 0 saturated heterocycles. The maximum atomic E-state index is 12.3. The molecule has 252 valence electrons. The molecule has 0 radical (unpaired) electrons. The molecule has 0 aromatic carbocycles. The molecule has 0 aromatic heterocycles. The van der Waals surface area contributed by atoms with E-state index < -0.39 is 11.2 Å². The van der Waals surface area contributed by atoms with Crippen LogP contribution in [0.3, 0.4) is 0 Å². The zero-order valence-electron chi connectivity index (χ0n) is 29.3. The largest absolute Gasteiger partial charge is 0.460 e. The van der Waals surface area contributed by atoms with Crippen molar-refractivity contribution in [3.05, 3.63) is 0 Å². The lowest BCUT2D eigenvalue weighted by Crippen LogP contribution is -2.50. The maximum Gasteiger partial charge on any atom is 0.309 e. The van der Waals surface area contributed by atoms with Crippen LogP contribution in [0.15, 0.2) is 0 Å². The van der Waals surface area contributed by atoms with Gasteiger partial charge < -0.3 is 14.6 Å². The number of hydrogen-bond donors (Lipinski definition) is 1. The van der Waals surface area contributed by atoms with Crippen molar-refractivity contribution in [2.24, 2.45) is 53.3 Å². The van der Waals surface area contributed by atoms with Gasteiger partial charge in [-0.2, -0.15) is 0 Å². The SMILES string of the molecule is CCC(CC(C)C(=O)OC(C)(CC)CC)C(=O)OC(C)(C)C.O=C1C2CC3CC(C2)CC1C3.OC12CC3CC(CC(C3)C1)C2. The first-order valence-electron chi connectivity index (χ1n) is 18.3. The average Bonchev–Trinajstić information content (AvgIpc) is 2.92. The molecular formula is C38H64O6. The average molecular weight is 617 g/mol. The number of Topliss-reactive ketones (excluding diaryl/α,β-unsaturated/α-hetero) is 1. The molecule has 8 aliphatic carbocycles. The monoisotopic (exact) mass is 616 g/mol. The number of carbonyl (C=O) groups excluding carboxylic acids is 3. The Labute approximate surface area is 268 Å². The highest BCUT2D eigenvalue weighted by molar-refractivity contribution is 5.85. The van der Waals surface area contributed by atoms with E-state index in [1.54, 1.807) is 0 Å². The predicted molar refractivity (Wildman–Crippen MR) is 174 cm³/mol. The van der Waals surface area contributed by atoms with Crippen LogP contribution in [0.25, 0.3) is 0 Å².